The zero-order valence-electron chi connectivity index (χ0n) is 7.36. The maximum atomic E-state index is 10.4. The highest BCUT2D eigenvalue weighted by atomic mass is 32.1. The fraction of sp³-hybridized carbons (Fsp3) is 0.875. The number of hydrogen-bond acceptors (Lipinski definition) is 3. The van der Waals surface area contributed by atoms with Crippen LogP contribution in [0.5, 0.6) is 0 Å². The molecule has 0 aliphatic carbocycles. The molecule has 0 aromatic rings. The first-order valence-corrected chi connectivity index (χ1v) is 4.71. The van der Waals surface area contributed by atoms with Crippen molar-refractivity contribution in [2.75, 3.05) is 6.54 Å². The Kier molecular flexibility index (Phi) is 6.20. The Balaban J connectivity index is 3.74. The Morgan fingerprint density at radius 2 is 2.25 bits per heavy atom. The molecule has 2 atom stereocenters. The number of thiol groups is 1. The van der Waals surface area contributed by atoms with Crippen LogP contribution in [0.3, 0.4) is 0 Å². The van der Waals surface area contributed by atoms with Crippen LogP contribution < -0.4 is 5.73 Å². The Morgan fingerprint density at radius 3 is 2.58 bits per heavy atom. The Hall–Kier alpha value is -0.220. The molecule has 0 rings (SSSR count). The quantitative estimate of drug-likeness (QED) is 0.552. The summed E-state index contributed by atoms with van der Waals surface area (Å²) in [7, 11) is 0. The Labute approximate surface area is 78.7 Å². The molecule has 3 nitrogen and oxygen atoms in total. The summed E-state index contributed by atoms with van der Waals surface area (Å²) >= 11 is 4.30. The van der Waals surface area contributed by atoms with Gasteiger partial charge in [-0.25, -0.2) is 0 Å². The first-order valence-electron chi connectivity index (χ1n) is 4.20. The number of hydrogen-bond donors (Lipinski definition) is 3. The summed E-state index contributed by atoms with van der Waals surface area (Å²) in [5.74, 6) is -0.702. The molecule has 0 saturated heterocycles. The number of rotatable bonds is 6. The van der Waals surface area contributed by atoms with Crippen molar-refractivity contribution in [3.8, 4) is 0 Å². The molecule has 12 heavy (non-hydrogen) atoms. The van der Waals surface area contributed by atoms with Crippen LogP contribution in [0.15, 0.2) is 0 Å². The van der Waals surface area contributed by atoms with Gasteiger partial charge in [0.2, 0.25) is 0 Å². The van der Waals surface area contributed by atoms with E-state index in [1.807, 2.05) is 6.92 Å². The molecule has 0 fully saturated rings. The highest BCUT2D eigenvalue weighted by molar-refractivity contribution is 7.80. The molecule has 0 spiro atoms. The van der Waals surface area contributed by atoms with Crippen molar-refractivity contribution < 1.29 is 9.90 Å². The van der Waals surface area contributed by atoms with Gasteiger partial charge in [0.1, 0.15) is 0 Å². The summed E-state index contributed by atoms with van der Waals surface area (Å²) in [6.07, 6.45) is 1.91. The van der Waals surface area contributed by atoms with E-state index in [1.54, 1.807) is 0 Å². The lowest BCUT2D eigenvalue weighted by Crippen LogP contribution is -2.21. The van der Waals surface area contributed by atoms with Gasteiger partial charge in [0.05, 0.1) is 0 Å². The van der Waals surface area contributed by atoms with Crippen LogP contribution in [0, 0.1) is 5.92 Å². The minimum atomic E-state index is -0.776. The molecule has 72 valence electrons. The minimum absolute atomic E-state index is 0.0740. The van der Waals surface area contributed by atoms with Gasteiger partial charge in [-0.2, -0.15) is 12.6 Å². The Bertz CT molecular complexity index is 141. The monoisotopic (exact) mass is 191 g/mol. The van der Waals surface area contributed by atoms with Crippen LogP contribution in [0.2, 0.25) is 0 Å². The molecule has 0 amide bonds. The van der Waals surface area contributed by atoms with Gasteiger partial charge in [-0.15, -0.1) is 0 Å². The molecule has 0 saturated carbocycles. The van der Waals surface area contributed by atoms with Crippen LogP contribution >= 0.6 is 12.6 Å². The minimum Gasteiger partial charge on any atom is -0.481 e. The molecule has 0 aromatic heterocycles. The van der Waals surface area contributed by atoms with Crippen molar-refractivity contribution in [1.82, 2.24) is 0 Å². The van der Waals surface area contributed by atoms with Crippen molar-refractivity contribution in [3.05, 3.63) is 0 Å². The number of nitrogens with two attached hydrogens (primary N) is 1. The molecular formula is C8H17NO2S. The highest BCUT2D eigenvalue weighted by Gasteiger charge is 2.14. The average molecular weight is 191 g/mol. The summed E-state index contributed by atoms with van der Waals surface area (Å²) < 4.78 is 0. The van der Waals surface area contributed by atoms with E-state index in [0.717, 1.165) is 12.8 Å². The summed E-state index contributed by atoms with van der Waals surface area (Å²) in [5.41, 5.74) is 5.43. The number of carboxylic acids is 1. The first-order chi connectivity index (χ1) is 5.60. The summed E-state index contributed by atoms with van der Waals surface area (Å²) in [6.45, 7) is 2.47. The topological polar surface area (TPSA) is 63.3 Å². The number of carbonyl (C=O) groups is 1. The van der Waals surface area contributed by atoms with Crippen molar-refractivity contribution in [2.45, 2.75) is 31.4 Å². The number of carboxylic acid groups (broad SMARTS) is 1. The van der Waals surface area contributed by atoms with Crippen molar-refractivity contribution in [2.24, 2.45) is 11.7 Å². The molecule has 0 heterocycles. The van der Waals surface area contributed by atoms with Gasteiger partial charge in [0.15, 0.2) is 0 Å². The van der Waals surface area contributed by atoms with Crippen LogP contribution in [0.25, 0.3) is 0 Å². The van der Waals surface area contributed by atoms with Gasteiger partial charge >= 0.3 is 5.97 Å². The smallest absolute Gasteiger partial charge is 0.303 e. The van der Waals surface area contributed by atoms with E-state index in [9.17, 15) is 4.79 Å². The normalized spacial score (nSPS) is 15.6. The second kappa shape index (κ2) is 6.31. The highest BCUT2D eigenvalue weighted by Crippen LogP contribution is 2.16. The third-order valence-corrected chi connectivity index (χ3v) is 2.45. The zero-order chi connectivity index (χ0) is 9.56. The molecule has 4 heteroatoms. The van der Waals surface area contributed by atoms with E-state index in [0.29, 0.717) is 6.54 Å². The molecule has 3 N–H and O–H groups in total. The lowest BCUT2D eigenvalue weighted by Gasteiger charge is -2.15. The summed E-state index contributed by atoms with van der Waals surface area (Å²) in [4.78, 5) is 10.4. The second-order valence-corrected chi connectivity index (χ2v) is 3.73. The maximum Gasteiger partial charge on any atom is 0.303 e. The van der Waals surface area contributed by atoms with Crippen molar-refractivity contribution in [1.29, 1.82) is 0 Å². The lowest BCUT2D eigenvalue weighted by atomic mass is 9.98. The first kappa shape index (κ1) is 11.8. The summed E-state index contributed by atoms with van der Waals surface area (Å²) in [6, 6.07) is 0. The molecule has 0 aromatic carbocycles. The third-order valence-electron chi connectivity index (χ3n) is 1.87. The SMILES string of the molecule is CC[C@@H](S)C[C@@H](CN)CC(=O)O. The van der Waals surface area contributed by atoms with Gasteiger partial charge in [-0.05, 0) is 25.3 Å². The van der Waals surface area contributed by atoms with E-state index in [4.69, 9.17) is 10.8 Å². The third kappa shape index (κ3) is 5.43. The van der Waals surface area contributed by atoms with E-state index in [1.165, 1.54) is 0 Å². The van der Waals surface area contributed by atoms with Crippen LogP contribution in [0.1, 0.15) is 26.2 Å². The molecule has 0 unspecified atom stereocenters. The molecular weight excluding hydrogens is 174 g/mol. The molecule has 0 bridgehead atoms. The average Bonchev–Trinajstić information content (AvgIpc) is 2.02. The van der Waals surface area contributed by atoms with E-state index in [2.05, 4.69) is 12.6 Å². The van der Waals surface area contributed by atoms with Crippen LogP contribution in [0.4, 0.5) is 0 Å². The van der Waals surface area contributed by atoms with E-state index in [-0.39, 0.29) is 17.6 Å². The van der Waals surface area contributed by atoms with Gasteiger partial charge in [0, 0.05) is 11.7 Å². The van der Waals surface area contributed by atoms with E-state index < -0.39 is 5.97 Å². The molecule has 0 aliphatic rings. The maximum absolute atomic E-state index is 10.4. The van der Waals surface area contributed by atoms with Gasteiger partial charge in [-0.3, -0.25) is 4.79 Å². The van der Waals surface area contributed by atoms with Gasteiger partial charge in [0.25, 0.3) is 0 Å². The van der Waals surface area contributed by atoms with Crippen molar-refractivity contribution in [3.63, 3.8) is 0 Å². The van der Waals surface area contributed by atoms with Crippen LogP contribution in [-0.4, -0.2) is 22.9 Å². The van der Waals surface area contributed by atoms with Crippen molar-refractivity contribution >= 4 is 18.6 Å². The predicted molar refractivity (Wildman–Crippen MR) is 52.5 cm³/mol. The fourth-order valence-corrected chi connectivity index (χ4v) is 1.36. The summed E-state index contributed by atoms with van der Waals surface area (Å²) in [5, 5.41) is 8.80. The molecule has 0 radical (unpaired) electrons. The Morgan fingerprint density at radius 1 is 1.67 bits per heavy atom. The number of aliphatic carboxylic acids is 1. The zero-order valence-corrected chi connectivity index (χ0v) is 8.26. The van der Waals surface area contributed by atoms with Crippen LogP contribution in [-0.2, 0) is 4.79 Å². The van der Waals surface area contributed by atoms with Gasteiger partial charge < -0.3 is 10.8 Å². The van der Waals surface area contributed by atoms with E-state index >= 15 is 0 Å². The largest absolute Gasteiger partial charge is 0.481 e. The predicted octanol–water partition coefficient (Wildman–Crippen LogP) is 1.13. The second-order valence-electron chi connectivity index (χ2n) is 3.00. The van der Waals surface area contributed by atoms with Gasteiger partial charge in [-0.1, -0.05) is 6.92 Å². The standard InChI is InChI=1S/C8H17NO2S/c1-2-7(12)3-6(5-9)4-8(10)11/h6-7,12H,2-5,9H2,1H3,(H,10,11)/t6-,7-/m1/s1. The lowest BCUT2D eigenvalue weighted by molar-refractivity contribution is -0.138. The fourth-order valence-electron chi connectivity index (χ4n) is 1.06. The molecule has 0 aliphatic heterocycles.